The van der Waals surface area contributed by atoms with Crippen molar-refractivity contribution in [3.63, 3.8) is 0 Å². The second kappa shape index (κ2) is 8.53. The molecule has 0 saturated carbocycles. The molecule has 0 unspecified atom stereocenters. The molecular formula is C16H22N2O4S2. The summed E-state index contributed by atoms with van der Waals surface area (Å²) < 4.78 is 5.13. The minimum atomic E-state index is -0.419. The van der Waals surface area contributed by atoms with E-state index in [-0.39, 0.29) is 24.3 Å². The number of hydrogen-bond acceptors (Lipinski definition) is 6. The van der Waals surface area contributed by atoms with Crippen LogP contribution >= 0.6 is 23.1 Å². The SMILES string of the molecule is CCOC(=O)c1c(CC(C)C)csc1NC(=O)CN1CCSC1=O. The molecule has 1 aliphatic rings. The van der Waals surface area contributed by atoms with Gasteiger partial charge in [-0.25, -0.2) is 4.79 Å². The zero-order valence-corrected chi connectivity index (χ0v) is 15.7. The summed E-state index contributed by atoms with van der Waals surface area (Å²) in [5, 5.41) is 5.07. The summed E-state index contributed by atoms with van der Waals surface area (Å²) in [5.74, 6) is 0.375. The normalized spacial score (nSPS) is 14.3. The fourth-order valence-corrected chi connectivity index (χ4v) is 4.22. The molecule has 0 atom stereocenters. The van der Waals surface area contributed by atoms with Crippen molar-refractivity contribution in [2.24, 2.45) is 5.92 Å². The first-order chi connectivity index (χ1) is 11.4. The van der Waals surface area contributed by atoms with Gasteiger partial charge >= 0.3 is 5.97 Å². The summed E-state index contributed by atoms with van der Waals surface area (Å²) in [6, 6.07) is 0. The quantitative estimate of drug-likeness (QED) is 0.746. The Bertz CT molecular complexity index is 628. The molecule has 2 rings (SSSR count). The van der Waals surface area contributed by atoms with Gasteiger partial charge in [0.2, 0.25) is 5.91 Å². The van der Waals surface area contributed by atoms with Gasteiger partial charge in [-0.1, -0.05) is 25.6 Å². The lowest BCUT2D eigenvalue weighted by Gasteiger charge is -2.14. The monoisotopic (exact) mass is 370 g/mol. The number of esters is 1. The Labute approximate surface area is 149 Å². The summed E-state index contributed by atoms with van der Waals surface area (Å²) >= 11 is 2.53. The average Bonchev–Trinajstić information content (AvgIpc) is 3.06. The Morgan fingerprint density at radius 2 is 2.17 bits per heavy atom. The van der Waals surface area contributed by atoms with E-state index < -0.39 is 5.97 Å². The fraction of sp³-hybridized carbons (Fsp3) is 0.562. The Balaban J connectivity index is 2.13. The van der Waals surface area contributed by atoms with Crippen LogP contribution in [0.1, 0.15) is 36.7 Å². The molecule has 2 amide bonds. The summed E-state index contributed by atoms with van der Waals surface area (Å²) in [5.41, 5.74) is 1.32. The van der Waals surface area contributed by atoms with Crippen molar-refractivity contribution in [1.29, 1.82) is 0 Å². The number of carbonyl (C=O) groups excluding carboxylic acids is 3. The molecule has 24 heavy (non-hydrogen) atoms. The van der Waals surface area contributed by atoms with Gasteiger partial charge in [0.25, 0.3) is 5.24 Å². The molecule has 8 heteroatoms. The van der Waals surface area contributed by atoms with Gasteiger partial charge < -0.3 is 15.0 Å². The molecule has 1 aromatic rings. The molecule has 132 valence electrons. The highest BCUT2D eigenvalue weighted by Gasteiger charge is 2.26. The fourth-order valence-electron chi connectivity index (χ4n) is 2.41. The first-order valence-corrected chi connectivity index (χ1v) is 9.77. The van der Waals surface area contributed by atoms with E-state index in [1.807, 2.05) is 5.38 Å². The van der Waals surface area contributed by atoms with E-state index >= 15 is 0 Å². The lowest BCUT2D eigenvalue weighted by Crippen LogP contribution is -2.33. The minimum Gasteiger partial charge on any atom is -0.462 e. The molecule has 2 heterocycles. The zero-order valence-electron chi connectivity index (χ0n) is 14.1. The number of nitrogens with zero attached hydrogens (tertiary/aromatic N) is 1. The third kappa shape index (κ3) is 4.73. The van der Waals surface area contributed by atoms with Crippen LogP contribution in [0.4, 0.5) is 9.80 Å². The summed E-state index contributed by atoms with van der Waals surface area (Å²) in [7, 11) is 0. The van der Waals surface area contributed by atoms with Gasteiger partial charge in [0.1, 0.15) is 11.5 Å². The molecule has 0 radical (unpaired) electrons. The molecule has 0 aliphatic carbocycles. The van der Waals surface area contributed by atoms with Gasteiger partial charge in [-0.3, -0.25) is 9.59 Å². The largest absolute Gasteiger partial charge is 0.462 e. The third-order valence-corrected chi connectivity index (χ3v) is 5.24. The van der Waals surface area contributed by atoms with Crippen molar-refractivity contribution in [2.45, 2.75) is 27.2 Å². The van der Waals surface area contributed by atoms with E-state index in [0.29, 0.717) is 28.8 Å². The van der Waals surface area contributed by atoms with Crippen LogP contribution in [-0.2, 0) is 16.0 Å². The number of carbonyl (C=O) groups is 3. The van der Waals surface area contributed by atoms with E-state index in [2.05, 4.69) is 19.2 Å². The second-order valence-corrected chi connectivity index (χ2v) is 7.79. The zero-order chi connectivity index (χ0) is 17.7. The van der Waals surface area contributed by atoms with Crippen molar-refractivity contribution in [3.05, 3.63) is 16.5 Å². The highest BCUT2D eigenvalue weighted by molar-refractivity contribution is 8.13. The van der Waals surface area contributed by atoms with Crippen LogP contribution in [0.15, 0.2) is 5.38 Å². The number of thioether (sulfide) groups is 1. The standard InChI is InChI=1S/C16H22N2O4S2/c1-4-22-15(20)13-11(7-10(2)3)9-24-14(13)17-12(19)8-18-5-6-23-16(18)21/h9-10H,4-8H2,1-3H3,(H,17,19). The van der Waals surface area contributed by atoms with Gasteiger partial charge in [0.15, 0.2) is 0 Å². The lowest BCUT2D eigenvalue weighted by atomic mass is 10.0. The molecule has 0 spiro atoms. The second-order valence-electron chi connectivity index (χ2n) is 5.87. The number of thiophene rings is 1. The van der Waals surface area contributed by atoms with Crippen LogP contribution in [-0.4, -0.2) is 47.5 Å². The topological polar surface area (TPSA) is 75.7 Å². The van der Waals surface area contributed by atoms with Gasteiger partial charge in [-0.15, -0.1) is 11.3 Å². The Hall–Kier alpha value is -1.54. The molecule has 6 nitrogen and oxygen atoms in total. The molecule has 0 aromatic carbocycles. The Morgan fingerprint density at radius 3 is 2.75 bits per heavy atom. The van der Waals surface area contributed by atoms with Crippen molar-refractivity contribution >= 4 is 45.2 Å². The summed E-state index contributed by atoms with van der Waals surface area (Å²) in [4.78, 5) is 37.6. The van der Waals surface area contributed by atoms with Crippen LogP contribution < -0.4 is 5.32 Å². The van der Waals surface area contributed by atoms with Crippen LogP contribution in [0, 0.1) is 5.92 Å². The number of amides is 2. The number of rotatable bonds is 7. The van der Waals surface area contributed by atoms with E-state index in [4.69, 9.17) is 4.74 Å². The van der Waals surface area contributed by atoms with Crippen LogP contribution in [0.2, 0.25) is 0 Å². The number of hydrogen-bond donors (Lipinski definition) is 1. The highest BCUT2D eigenvalue weighted by Crippen LogP contribution is 2.31. The molecule has 1 fully saturated rings. The Kier molecular flexibility index (Phi) is 6.68. The first-order valence-electron chi connectivity index (χ1n) is 7.91. The van der Waals surface area contributed by atoms with Crippen LogP contribution in [0.3, 0.4) is 0 Å². The van der Waals surface area contributed by atoms with Gasteiger partial charge in [-0.05, 0) is 30.2 Å². The van der Waals surface area contributed by atoms with Gasteiger partial charge in [-0.2, -0.15) is 0 Å². The maximum atomic E-state index is 12.3. The van der Waals surface area contributed by atoms with Crippen molar-refractivity contribution in [2.75, 3.05) is 30.8 Å². The van der Waals surface area contributed by atoms with Crippen LogP contribution in [0.5, 0.6) is 0 Å². The van der Waals surface area contributed by atoms with Gasteiger partial charge in [0, 0.05) is 12.3 Å². The molecule has 0 bridgehead atoms. The first kappa shape index (κ1) is 18.8. The average molecular weight is 370 g/mol. The van der Waals surface area contributed by atoms with E-state index in [1.165, 1.54) is 28.0 Å². The smallest absolute Gasteiger partial charge is 0.341 e. The van der Waals surface area contributed by atoms with E-state index in [0.717, 1.165) is 12.0 Å². The van der Waals surface area contributed by atoms with Crippen molar-refractivity contribution in [1.82, 2.24) is 4.90 Å². The number of nitrogens with one attached hydrogen (secondary N) is 1. The van der Waals surface area contributed by atoms with Crippen molar-refractivity contribution in [3.8, 4) is 0 Å². The summed E-state index contributed by atoms with van der Waals surface area (Å²) in [6.07, 6.45) is 0.738. The molecular weight excluding hydrogens is 348 g/mol. The van der Waals surface area contributed by atoms with E-state index in [1.54, 1.807) is 6.92 Å². The maximum Gasteiger partial charge on any atom is 0.341 e. The van der Waals surface area contributed by atoms with Gasteiger partial charge in [0.05, 0.1) is 12.2 Å². The highest BCUT2D eigenvalue weighted by atomic mass is 32.2. The van der Waals surface area contributed by atoms with Crippen molar-refractivity contribution < 1.29 is 19.1 Å². The van der Waals surface area contributed by atoms with E-state index in [9.17, 15) is 14.4 Å². The third-order valence-electron chi connectivity index (χ3n) is 3.41. The summed E-state index contributed by atoms with van der Waals surface area (Å²) in [6.45, 7) is 6.75. The molecule has 1 aromatic heterocycles. The predicted octanol–water partition coefficient (Wildman–Crippen LogP) is 3.23. The molecule has 1 saturated heterocycles. The molecule has 1 aliphatic heterocycles. The number of anilines is 1. The number of ether oxygens (including phenoxy) is 1. The van der Waals surface area contributed by atoms with Crippen LogP contribution in [0.25, 0.3) is 0 Å². The lowest BCUT2D eigenvalue weighted by molar-refractivity contribution is -0.116. The Morgan fingerprint density at radius 1 is 1.42 bits per heavy atom. The minimum absolute atomic E-state index is 0.00547. The molecule has 1 N–H and O–H groups in total. The predicted molar refractivity (Wildman–Crippen MR) is 96.9 cm³/mol. The maximum absolute atomic E-state index is 12.3.